The molecule has 2 N–H and O–H groups in total. The minimum atomic E-state index is -1.06. The van der Waals surface area contributed by atoms with Gasteiger partial charge < -0.3 is 19.9 Å². The molecule has 0 aliphatic heterocycles. The average molecular weight is 405 g/mol. The van der Waals surface area contributed by atoms with Gasteiger partial charge in [-0.1, -0.05) is 30.3 Å². The van der Waals surface area contributed by atoms with Crippen LogP contribution < -0.4 is 5.32 Å². The maximum Gasteiger partial charge on any atom is 0.408 e. The summed E-state index contributed by atoms with van der Waals surface area (Å²) < 4.78 is 10.9. The number of alkyl carbamates (subject to hydrolysis) is 1. The highest BCUT2D eigenvalue weighted by Gasteiger charge is 2.34. The van der Waals surface area contributed by atoms with Crippen LogP contribution in [0.25, 0.3) is 0 Å². The molecule has 0 spiro atoms. The van der Waals surface area contributed by atoms with Crippen molar-refractivity contribution in [2.75, 3.05) is 0 Å². The lowest BCUT2D eigenvalue weighted by Crippen LogP contribution is -2.45. The largest absolute Gasteiger partial charge is 0.481 e. The Kier molecular flexibility index (Phi) is 8.05. The molecule has 1 fully saturated rings. The van der Waals surface area contributed by atoms with Gasteiger partial charge >= 0.3 is 18.0 Å². The van der Waals surface area contributed by atoms with E-state index in [-0.39, 0.29) is 24.9 Å². The van der Waals surface area contributed by atoms with Crippen LogP contribution in [0.1, 0.15) is 58.4 Å². The van der Waals surface area contributed by atoms with E-state index in [2.05, 4.69) is 17.4 Å². The van der Waals surface area contributed by atoms with Crippen LogP contribution in [0.15, 0.2) is 30.3 Å². The van der Waals surface area contributed by atoms with Gasteiger partial charge in [0, 0.05) is 6.42 Å². The number of aliphatic carboxylic acids is 1. The first-order chi connectivity index (χ1) is 13.6. The number of carbonyl (C=O) groups is 3. The molecule has 2 rings (SSSR count). The summed E-state index contributed by atoms with van der Waals surface area (Å²) in [6, 6.07) is 8.98. The van der Waals surface area contributed by atoms with Crippen molar-refractivity contribution in [3.8, 4) is 0 Å². The zero-order valence-corrected chi connectivity index (χ0v) is 17.3. The second kappa shape index (κ2) is 10.3. The molecule has 0 saturated heterocycles. The number of rotatable bonds is 8. The van der Waals surface area contributed by atoms with Crippen molar-refractivity contribution >= 4 is 18.0 Å². The Bertz CT molecular complexity index is 697. The van der Waals surface area contributed by atoms with Crippen molar-refractivity contribution in [2.45, 2.75) is 77.0 Å². The molecular formula is C22H31NO6. The van der Waals surface area contributed by atoms with E-state index in [0.717, 1.165) is 25.7 Å². The molecule has 7 heteroatoms. The van der Waals surface area contributed by atoms with Crippen molar-refractivity contribution in [1.82, 2.24) is 5.32 Å². The highest BCUT2D eigenvalue weighted by atomic mass is 16.6. The number of carboxylic acids is 1. The van der Waals surface area contributed by atoms with Gasteiger partial charge in [0.15, 0.2) is 0 Å². The van der Waals surface area contributed by atoms with Gasteiger partial charge in [0.05, 0.1) is 0 Å². The summed E-state index contributed by atoms with van der Waals surface area (Å²) in [5.41, 5.74) is 0.465. The Hall–Kier alpha value is -2.57. The number of benzene rings is 1. The third-order valence-electron chi connectivity index (χ3n) is 4.82. The minimum absolute atomic E-state index is 0.0521. The van der Waals surface area contributed by atoms with Crippen molar-refractivity contribution in [2.24, 2.45) is 5.92 Å². The van der Waals surface area contributed by atoms with Crippen LogP contribution >= 0.6 is 0 Å². The molecule has 0 heterocycles. The molecular weight excluding hydrogens is 374 g/mol. The summed E-state index contributed by atoms with van der Waals surface area (Å²) in [5.74, 6) is -1.44. The van der Waals surface area contributed by atoms with Crippen LogP contribution in [0, 0.1) is 5.92 Å². The van der Waals surface area contributed by atoms with Gasteiger partial charge in [-0.05, 0) is 64.4 Å². The number of nitrogens with one attached hydrogen (secondary N) is 1. The zero-order valence-electron chi connectivity index (χ0n) is 17.3. The van der Waals surface area contributed by atoms with E-state index < -0.39 is 29.7 Å². The molecule has 0 aromatic heterocycles. The number of hydrogen-bond donors (Lipinski definition) is 2. The van der Waals surface area contributed by atoms with Gasteiger partial charge in [-0.15, -0.1) is 0 Å². The van der Waals surface area contributed by atoms with Crippen LogP contribution in [0.3, 0.4) is 0 Å². The quantitative estimate of drug-likeness (QED) is 0.640. The second-order valence-corrected chi connectivity index (χ2v) is 8.49. The molecule has 1 aromatic rings. The lowest BCUT2D eigenvalue weighted by molar-refractivity contribution is -0.153. The Balaban J connectivity index is 1.99. The molecule has 0 bridgehead atoms. The van der Waals surface area contributed by atoms with Gasteiger partial charge in [-0.25, -0.2) is 9.59 Å². The first-order valence-electron chi connectivity index (χ1n) is 10.1. The predicted octanol–water partition coefficient (Wildman–Crippen LogP) is 3.70. The van der Waals surface area contributed by atoms with E-state index in [1.54, 1.807) is 20.8 Å². The number of amides is 1. The fourth-order valence-electron chi connectivity index (χ4n) is 3.51. The first-order valence-corrected chi connectivity index (χ1v) is 10.1. The van der Waals surface area contributed by atoms with Crippen LogP contribution in [0.5, 0.6) is 0 Å². The predicted molar refractivity (Wildman–Crippen MR) is 107 cm³/mol. The normalized spacial score (nSPS) is 20.0. The van der Waals surface area contributed by atoms with E-state index >= 15 is 0 Å². The summed E-state index contributed by atoms with van der Waals surface area (Å²) in [4.78, 5) is 35.7. The fourth-order valence-corrected chi connectivity index (χ4v) is 3.51. The maximum atomic E-state index is 12.7. The average Bonchev–Trinajstić information content (AvgIpc) is 3.04. The highest BCUT2D eigenvalue weighted by molar-refractivity contribution is 5.82. The van der Waals surface area contributed by atoms with Gasteiger partial charge in [0.1, 0.15) is 17.7 Å². The second-order valence-electron chi connectivity index (χ2n) is 8.49. The minimum Gasteiger partial charge on any atom is -0.481 e. The van der Waals surface area contributed by atoms with Crippen LogP contribution in [0.2, 0.25) is 0 Å². The number of carboxylic acid groups (broad SMARTS) is 1. The van der Waals surface area contributed by atoms with Crippen molar-refractivity contribution < 1.29 is 29.0 Å². The summed E-state index contributed by atoms with van der Waals surface area (Å²) in [6.45, 7) is 5.14. The number of hydrogen-bond acceptors (Lipinski definition) is 5. The highest BCUT2D eigenvalue weighted by Crippen LogP contribution is 2.31. The van der Waals surface area contributed by atoms with Crippen molar-refractivity contribution in [3.05, 3.63) is 35.9 Å². The molecule has 1 amide bonds. The molecule has 7 nitrogen and oxygen atoms in total. The molecule has 160 valence electrons. The third kappa shape index (κ3) is 8.13. The van der Waals surface area contributed by atoms with E-state index in [1.165, 1.54) is 5.56 Å². The van der Waals surface area contributed by atoms with E-state index in [4.69, 9.17) is 14.6 Å². The van der Waals surface area contributed by atoms with Gasteiger partial charge in [0.25, 0.3) is 0 Å². The van der Waals surface area contributed by atoms with E-state index in [9.17, 15) is 14.4 Å². The lowest BCUT2D eigenvalue weighted by atomic mass is 9.96. The summed E-state index contributed by atoms with van der Waals surface area (Å²) >= 11 is 0. The third-order valence-corrected chi connectivity index (χ3v) is 4.82. The monoisotopic (exact) mass is 405 g/mol. The Morgan fingerprint density at radius 1 is 1.17 bits per heavy atom. The van der Waals surface area contributed by atoms with Gasteiger partial charge in [0.2, 0.25) is 0 Å². The Morgan fingerprint density at radius 3 is 2.48 bits per heavy atom. The number of esters is 1. The smallest absolute Gasteiger partial charge is 0.408 e. The van der Waals surface area contributed by atoms with Crippen LogP contribution in [-0.4, -0.2) is 40.9 Å². The van der Waals surface area contributed by atoms with Gasteiger partial charge in [-0.3, -0.25) is 4.79 Å². The molecule has 1 aliphatic carbocycles. The Labute approximate surface area is 171 Å². The molecule has 0 radical (unpaired) electrons. The topological polar surface area (TPSA) is 102 Å². The molecule has 29 heavy (non-hydrogen) atoms. The fraction of sp³-hybridized carbons (Fsp3) is 0.591. The molecule has 2 unspecified atom stereocenters. The molecule has 1 aromatic carbocycles. The lowest BCUT2D eigenvalue weighted by Gasteiger charge is -2.25. The SMILES string of the molecule is CC(C)(C)OC(=O)N[C@@H](CCC(=O)O)C(=O)OC1CCCC1Cc1ccccc1. The zero-order chi connectivity index (χ0) is 21.4. The molecule has 3 atom stereocenters. The van der Waals surface area contributed by atoms with E-state index in [0.29, 0.717) is 0 Å². The van der Waals surface area contributed by atoms with Crippen molar-refractivity contribution in [3.63, 3.8) is 0 Å². The summed E-state index contributed by atoms with van der Waals surface area (Å²) in [6.07, 6.45) is 2.20. The van der Waals surface area contributed by atoms with Crippen LogP contribution in [-0.2, 0) is 25.5 Å². The summed E-state index contributed by atoms with van der Waals surface area (Å²) in [5, 5.41) is 11.4. The molecule has 1 aliphatic rings. The van der Waals surface area contributed by atoms with Gasteiger partial charge in [-0.2, -0.15) is 0 Å². The number of carbonyl (C=O) groups excluding carboxylic acids is 2. The van der Waals surface area contributed by atoms with Crippen molar-refractivity contribution in [1.29, 1.82) is 0 Å². The summed E-state index contributed by atoms with van der Waals surface area (Å²) in [7, 11) is 0. The standard InChI is InChI=1S/C22H31NO6/c1-22(2,3)29-21(27)23-17(12-13-19(24)25)20(26)28-18-11-7-10-16(18)14-15-8-5-4-6-9-15/h4-6,8-9,16-18H,7,10-14H2,1-3H3,(H,23,27)(H,24,25)/t16?,17-,18?/m0/s1. The molecule has 1 saturated carbocycles. The number of ether oxygens (including phenoxy) is 2. The van der Waals surface area contributed by atoms with Crippen LogP contribution in [0.4, 0.5) is 4.79 Å². The Morgan fingerprint density at radius 2 is 1.86 bits per heavy atom. The maximum absolute atomic E-state index is 12.7. The van der Waals surface area contributed by atoms with E-state index in [1.807, 2.05) is 18.2 Å². The first kappa shape index (κ1) is 22.7.